The Kier molecular flexibility index (Phi) is 6.02. The maximum atomic E-state index is 3.55. The minimum absolute atomic E-state index is 0.437. The van der Waals surface area contributed by atoms with E-state index in [1.165, 1.54) is 50.5 Å². The van der Waals surface area contributed by atoms with Gasteiger partial charge in [0.2, 0.25) is 0 Å². The van der Waals surface area contributed by atoms with Crippen LogP contribution in [-0.2, 0) is 0 Å². The van der Waals surface area contributed by atoms with Gasteiger partial charge in [-0.1, -0.05) is 20.8 Å². The number of thioether (sulfide) groups is 1. The molecule has 2 nitrogen and oxygen atoms in total. The smallest absolute Gasteiger partial charge is 0.0329 e. The van der Waals surface area contributed by atoms with Crippen molar-refractivity contribution in [3.8, 4) is 0 Å². The minimum Gasteiger partial charge on any atom is -0.314 e. The van der Waals surface area contributed by atoms with Crippen LogP contribution in [0.1, 0.15) is 33.6 Å². The number of hydrogen-bond acceptors (Lipinski definition) is 3. The highest BCUT2D eigenvalue weighted by molar-refractivity contribution is 7.99. The first-order valence-electron chi connectivity index (χ1n) is 6.32. The van der Waals surface area contributed by atoms with Crippen molar-refractivity contribution >= 4 is 11.8 Å². The Morgan fingerprint density at radius 3 is 2.60 bits per heavy atom. The van der Waals surface area contributed by atoms with Crippen molar-refractivity contribution in [2.24, 2.45) is 0 Å². The molecule has 1 saturated heterocycles. The normalized spacial score (nSPS) is 21.8. The third kappa shape index (κ3) is 3.36. The summed E-state index contributed by atoms with van der Waals surface area (Å²) in [6.07, 6.45) is 2.54. The Morgan fingerprint density at radius 1 is 1.27 bits per heavy atom. The SMILES string of the molecule is CCSCCN1CCNCC1(CC)CC. The summed E-state index contributed by atoms with van der Waals surface area (Å²) < 4.78 is 0. The first-order chi connectivity index (χ1) is 7.29. The van der Waals surface area contributed by atoms with E-state index >= 15 is 0 Å². The van der Waals surface area contributed by atoms with E-state index in [4.69, 9.17) is 0 Å². The lowest BCUT2D eigenvalue weighted by Gasteiger charge is -2.47. The molecule has 0 aromatic heterocycles. The second-order valence-electron chi connectivity index (χ2n) is 4.29. The average molecular weight is 230 g/mol. The van der Waals surface area contributed by atoms with Crippen LogP contribution in [0.15, 0.2) is 0 Å². The van der Waals surface area contributed by atoms with Crippen molar-refractivity contribution in [3.05, 3.63) is 0 Å². The maximum Gasteiger partial charge on any atom is 0.0329 e. The standard InChI is InChI=1S/C12H26N2S/c1-4-12(5-2)11-13-7-8-14(12)9-10-15-6-3/h13H,4-11H2,1-3H3. The molecule has 0 aromatic rings. The molecule has 0 unspecified atom stereocenters. The van der Waals surface area contributed by atoms with Crippen LogP contribution in [0.5, 0.6) is 0 Å². The molecule has 1 N–H and O–H groups in total. The van der Waals surface area contributed by atoms with Gasteiger partial charge in [-0.3, -0.25) is 4.90 Å². The fourth-order valence-electron chi connectivity index (χ4n) is 2.50. The van der Waals surface area contributed by atoms with E-state index < -0.39 is 0 Å². The highest BCUT2D eigenvalue weighted by Crippen LogP contribution is 2.25. The van der Waals surface area contributed by atoms with Gasteiger partial charge in [-0.2, -0.15) is 11.8 Å². The van der Waals surface area contributed by atoms with Gasteiger partial charge in [0.05, 0.1) is 0 Å². The van der Waals surface area contributed by atoms with E-state index in [-0.39, 0.29) is 0 Å². The van der Waals surface area contributed by atoms with Crippen LogP contribution in [0.25, 0.3) is 0 Å². The first-order valence-corrected chi connectivity index (χ1v) is 7.48. The van der Waals surface area contributed by atoms with Gasteiger partial charge in [0.15, 0.2) is 0 Å². The van der Waals surface area contributed by atoms with Crippen molar-refractivity contribution < 1.29 is 0 Å². The Bertz CT molecular complexity index is 169. The van der Waals surface area contributed by atoms with Crippen molar-refractivity contribution in [3.63, 3.8) is 0 Å². The van der Waals surface area contributed by atoms with E-state index in [9.17, 15) is 0 Å². The van der Waals surface area contributed by atoms with Crippen LogP contribution < -0.4 is 5.32 Å². The molecule has 0 saturated carbocycles. The maximum absolute atomic E-state index is 3.55. The Labute approximate surface area is 99.2 Å². The number of nitrogens with one attached hydrogen (secondary N) is 1. The number of nitrogens with zero attached hydrogens (tertiary/aromatic N) is 1. The molecule has 0 amide bonds. The lowest BCUT2D eigenvalue weighted by molar-refractivity contribution is 0.0587. The Hall–Kier alpha value is 0.270. The molecule has 90 valence electrons. The van der Waals surface area contributed by atoms with Crippen LogP contribution in [0.2, 0.25) is 0 Å². The van der Waals surface area contributed by atoms with Gasteiger partial charge >= 0.3 is 0 Å². The summed E-state index contributed by atoms with van der Waals surface area (Å²) in [7, 11) is 0. The van der Waals surface area contributed by atoms with Gasteiger partial charge in [0, 0.05) is 37.5 Å². The lowest BCUT2D eigenvalue weighted by Crippen LogP contribution is -2.61. The van der Waals surface area contributed by atoms with Crippen LogP contribution in [0.4, 0.5) is 0 Å². The van der Waals surface area contributed by atoms with E-state index in [1.807, 2.05) is 0 Å². The quantitative estimate of drug-likeness (QED) is 0.704. The van der Waals surface area contributed by atoms with Gasteiger partial charge in [0.25, 0.3) is 0 Å². The van der Waals surface area contributed by atoms with Gasteiger partial charge in [-0.05, 0) is 18.6 Å². The molecule has 0 radical (unpaired) electrons. The molecule has 1 aliphatic rings. The fourth-order valence-corrected chi connectivity index (χ4v) is 3.14. The van der Waals surface area contributed by atoms with Crippen LogP contribution >= 0.6 is 11.8 Å². The molecule has 1 rings (SSSR count). The summed E-state index contributed by atoms with van der Waals surface area (Å²) in [5.74, 6) is 2.54. The molecule has 0 atom stereocenters. The zero-order valence-corrected chi connectivity index (χ0v) is 11.3. The molecule has 0 bridgehead atoms. The second-order valence-corrected chi connectivity index (χ2v) is 5.69. The fraction of sp³-hybridized carbons (Fsp3) is 1.00. The van der Waals surface area contributed by atoms with E-state index in [0.717, 1.165) is 0 Å². The summed E-state index contributed by atoms with van der Waals surface area (Å²) in [6.45, 7) is 11.7. The summed E-state index contributed by atoms with van der Waals surface area (Å²) in [5, 5.41) is 3.55. The summed E-state index contributed by atoms with van der Waals surface area (Å²) in [6, 6.07) is 0. The van der Waals surface area contributed by atoms with Crippen LogP contribution in [0, 0.1) is 0 Å². The molecule has 0 aromatic carbocycles. The largest absolute Gasteiger partial charge is 0.314 e. The molecule has 1 heterocycles. The second kappa shape index (κ2) is 6.77. The molecule has 0 aliphatic carbocycles. The van der Waals surface area contributed by atoms with E-state index in [2.05, 4.69) is 42.7 Å². The summed E-state index contributed by atoms with van der Waals surface area (Å²) in [5.41, 5.74) is 0.437. The molecule has 1 fully saturated rings. The van der Waals surface area contributed by atoms with Crippen LogP contribution in [-0.4, -0.2) is 48.1 Å². The van der Waals surface area contributed by atoms with E-state index in [0.29, 0.717) is 5.54 Å². The number of rotatable bonds is 6. The third-order valence-electron chi connectivity index (χ3n) is 3.71. The molecule has 3 heteroatoms. The predicted octanol–water partition coefficient (Wildman–Crippen LogP) is 2.20. The summed E-state index contributed by atoms with van der Waals surface area (Å²) in [4.78, 5) is 2.71. The zero-order chi connectivity index (χ0) is 11.1. The molecule has 15 heavy (non-hydrogen) atoms. The van der Waals surface area contributed by atoms with Gasteiger partial charge in [-0.25, -0.2) is 0 Å². The number of piperazine rings is 1. The lowest BCUT2D eigenvalue weighted by atomic mass is 9.89. The minimum atomic E-state index is 0.437. The Balaban J connectivity index is 2.48. The highest BCUT2D eigenvalue weighted by atomic mass is 32.2. The topological polar surface area (TPSA) is 15.3 Å². The molecular weight excluding hydrogens is 204 g/mol. The average Bonchev–Trinajstić information content (AvgIpc) is 2.30. The Morgan fingerprint density at radius 2 is 2.00 bits per heavy atom. The highest BCUT2D eigenvalue weighted by Gasteiger charge is 2.34. The first kappa shape index (κ1) is 13.3. The van der Waals surface area contributed by atoms with Crippen molar-refractivity contribution in [2.45, 2.75) is 39.2 Å². The van der Waals surface area contributed by atoms with Crippen molar-refractivity contribution in [2.75, 3.05) is 37.7 Å². The summed E-state index contributed by atoms with van der Waals surface area (Å²) >= 11 is 2.06. The van der Waals surface area contributed by atoms with Crippen LogP contribution in [0.3, 0.4) is 0 Å². The monoisotopic (exact) mass is 230 g/mol. The zero-order valence-electron chi connectivity index (χ0n) is 10.5. The molecular formula is C12H26N2S. The number of hydrogen-bond donors (Lipinski definition) is 1. The van der Waals surface area contributed by atoms with Gasteiger partial charge < -0.3 is 5.32 Å². The van der Waals surface area contributed by atoms with Gasteiger partial charge in [0.1, 0.15) is 0 Å². The molecule has 1 aliphatic heterocycles. The third-order valence-corrected chi connectivity index (χ3v) is 4.59. The predicted molar refractivity (Wildman–Crippen MR) is 70.8 cm³/mol. The van der Waals surface area contributed by atoms with Crippen molar-refractivity contribution in [1.29, 1.82) is 0 Å². The van der Waals surface area contributed by atoms with Gasteiger partial charge in [-0.15, -0.1) is 0 Å². The van der Waals surface area contributed by atoms with Crippen molar-refractivity contribution in [1.82, 2.24) is 10.2 Å². The van der Waals surface area contributed by atoms with E-state index in [1.54, 1.807) is 0 Å². The molecule has 0 spiro atoms.